The fourth-order valence-corrected chi connectivity index (χ4v) is 2.05. The van der Waals surface area contributed by atoms with Gasteiger partial charge in [-0.05, 0) is 12.8 Å². The second-order valence-corrected chi connectivity index (χ2v) is 5.23. The monoisotopic (exact) mass is 325 g/mol. The first-order valence-corrected chi connectivity index (χ1v) is 7.29. The van der Waals surface area contributed by atoms with E-state index in [1.807, 2.05) is 13.8 Å². The van der Waals surface area contributed by atoms with E-state index in [0.717, 1.165) is 0 Å². The van der Waals surface area contributed by atoms with Crippen LogP contribution in [-0.2, 0) is 0 Å². The van der Waals surface area contributed by atoms with Gasteiger partial charge in [0.15, 0.2) is 11.5 Å². The summed E-state index contributed by atoms with van der Waals surface area (Å²) in [4.78, 5) is 22.9. The number of hydrogen-bond donors (Lipinski definition) is 2. The number of methoxy groups -OCH3 is 2. The molecule has 0 heterocycles. The van der Waals surface area contributed by atoms with Crippen molar-refractivity contribution in [2.24, 2.45) is 5.73 Å². The summed E-state index contributed by atoms with van der Waals surface area (Å²) in [6, 6.07) is 2.46. The van der Waals surface area contributed by atoms with Crippen LogP contribution in [0.2, 0.25) is 0 Å². The standard InChI is InChI=1S/C15H23N3O5/c1-5-15(16,6-2)9-17-14(19)10-7-12(22-3)13(23-4)8-11(10)18(20)21/h7-8H,5-6,9,16H2,1-4H3,(H,17,19). The molecule has 1 aromatic carbocycles. The van der Waals surface area contributed by atoms with Gasteiger partial charge in [-0.25, -0.2) is 0 Å². The van der Waals surface area contributed by atoms with Crippen molar-refractivity contribution in [3.05, 3.63) is 27.8 Å². The molecule has 0 atom stereocenters. The first kappa shape index (κ1) is 18.7. The van der Waals surface area contributed by atoms with Crippen molar-refractivity contribution in [3.8, 4) is 11.5 Å². The van der Waals surface area contributed by atoms with Crippen LogP contribution in [-0.4, -0.2) is 37.1 Å². The number of carbonyl (C=O) groups is 1. The first-order valence-electron chi connectivity index (χ1n) is 7.29. The highest BCUT2D eigenvalue weighted by molar-refractivity contribution is 5.99. The van der Waals surface area contributed by atoms with Crippen LogP contribution in [0.1, 0.15) is 37.0 Å². The van der Waals surface area contributed by atoms with Gasteiger partial charge in [0, 0.05) is 18.2 Å². The van der Waals surface area contributed by atoms with Crippen molar-refractivity contribution in [2.45, 2.75) is 32.2 Å². The summed E-state index contributed by atoms with van der Waals surface area (Å²) in [6.45, 7) is 4.08. The molecule has 0 radical (unpaired) electrons. The molecule has 0 bridgehead atoms. The van der Waals surface area contributed by atoms with Crippen molar-refractivity contribution in [3.63, 3.8) is 0 Å². The summed E-state index contributed by atoms with van der Waals surface area (Å²) in [7, 11) is 2.76. The summed E-state index contributed by atoms with van der Waals surface area (Å²) < 4.78 is 10.1. The van der Waals surface area contributed by atoms with Gasteiger partial charge in [0.25, 0.3) is 11.6 Å². The number of nitrogens with two attached hydrogens (primary N) is 1. The van der Waals surface area contributed by atoms with Crippen LogP contribution in [0.15, 0.2) is 12.1 Å². The molecular weight excluding hydrogens is 302 g/mol. The van der Waals surface area contributed by atoms with Crippen molar-refractivity contribution >= 4 is 11.6 Å². The predicted molar refractivity (Wildman–Crippen MR) is 86.0 cm³/mol. The fourth-order valence-electron chi connectivity index (χ4n) is 2.05. The maximum Gasteiger partial charge on any atom is 0.286 e. The Labute approximate surface area is 135 Å². The Kier molecular flexibility index (Phi) is 6.32. The number of ether oxygens (including phenoxy) is 2. The van der Waals surface area contributed by atoms with E-state index in [4.69, 9.17) is 15.2 Å². The summed E-state index contributed by atoms with van der Waals surface area (Å²) >= 11 is 0. The van der Waals surface area contributed by atoms with E-state index in [9.17, 15) is 14.9 Å². The Morgan fingerprint density at radius 1 is 1.26 bits per heavy atom. The van der Waals surface area contributed by atoms with E-state index in [1.54, 1.807) is 0 Å². The summed E-state index contributed by atoms with van der Waals surface area (Å²) in [5, 5.41) is 13.9. The Morgan fingerprint density at radius 2 is 1.78 bits per heavy atom. The van der Waals surface area contributed by atoms with Gasteiger partial charge in [-0.2, -0.15) is 0 Å². The van der Waals surface area contributed by atoms with E-state index in [-0.39, 0.29) is 29.3 Å². The maximum absolute atomic E-state index is 12.3. The Hall–Kier alpha value is -2.35. The van der Waals surface area contributed by atoms with Crippen molar-refractivity contribution in [2.75, 3.05) is 20.8 Å². The number of nitro groups is 1. The summed E-state index contributed by atoms with van der Waals surface area (Å²) in [5.74, 6) is -0.145. The average molecular weight is 325 g/mol. The van der Waals surface area contributed by atoms with Crippen LogP contribution < -0.4 is 20.5 Å². The number of rotatable bonds is 8. The lowest BCUT2D eigenvalue weighted by Crippen LogP contribution is -2.49. The van der Waals surface area contributed by atoms with E-state index in [2.05, 4.69) is 5.32 Å². The zero-order valence-corrected chi connectivity index (χ0v) is 13.8. The second kappa shape index (κ2) is 7.77. The molecule has 0 fully saturated rings. The summed E-state index contributed by atoms with van der Waals surface area (Å²) in [6.07, 6.45) is 1.36. The smallest absolute Gasteiger partial charge is 0.286 e. The average Bonchev–Trinajstić information content (AvgIpc) is 2.57. The molecule has 8 nitrogen and oxygen atoms in total. The van der Waals surface area contributed by atoms with Gasteiger partial charge in [-0.3, -0.25) is 14.9 Å². The highest BCUT2D eigenvalue weighted by Gasteiger charge is 2.27. The number of nitrogens with zero attached hydrogens (tertiary/aromatic N) is 1. The zero-order chi connectivity index (χ0) is 17.6. The van der Waals surface area contributed by atoms with Crippen molar-refractivity contribution in [1.29, 1.82) is 0 Å². The van der Waals surface area contributed by atoms with E-state index >= 15 is 0 Å². The summed E-state index contributed by atoms with van der Waals surface area (Å²) in [5.41, 5.74) is 5.14. The zero-order valence-electron chi connectivity index (χ0n) is 13.8. The van der Waals surface area contributed by atoms with Crippen LogP contribution >= 0.6 is 0 Å². The lowest BCUT2D eigenvalue weighted by Gasteiger charge is -2.26. The number of nitrogens with one attached hydrogen (secondary N) is 1. The first-order chi connectivity index (χ1) is 10.8. The number of benzene rings is 1. The largest absolute Gasteiger partial charge is 0.493 e. The Balaban J connectivity index is 3.14. The number of nitro benzene ring substituents is 1. The van der Waals surface area contributed by atoms with Crippen molar-refractivity contribution in [1.82, 2.24) is 5.32 Å². The lowest BCUT2D eigenvalue weighted by atomic mass is 9.94. The van der Waals surface area contributed by atoms with Gasteiger partial charge in [0.05, 0.1) is 25.2 Å². The molecule has 1 rings (SSSR count). The van der Waals surface area contributed by atoms with Crippen LogP contribution in [0, 0.1) is 10.1 Å². The van der Waals surface area contributed by atoms with Gasteiger partial charge < -0.3 is 20.5 Å². The van der Waals surface area contributed by atoms with E-state index < -0.39 is 16.4 Å². The van der Waals surface area contributed by atoms with Gasteiger partial charge >= 0.3 is 0 Å². The third-order valence-electron chi connectivity index (χ3n) is 3.95. The van der Waals surface area contributed by atoms with Gasteiger partial charge in [0.2, 0.25) is 0 Å². The molecule has 0 aliphatic rings. The molecule has 23 heavy (non-hydrogen) atoms. The SMILES string of the molecule is CCC(N)(CC)CNC(=O)c1cc(OC)c(OC)cc1[N+](=O)[O-]. The molecule has 0 saturated heterocycles. The van der Waals surface area contributed by atoms with Crippen LogP contribution in [0.3, 0.4) is 0 Å². The van der Waals surface area contributed by atoms with Gasteiger partial charge in [-0.1, -0.05) is 13.8 Å². The molecule has 0 spiro atoms. The lowest BCUT2D eigenvalue weighted by molar-refractivity contribution is -0.385. The Bertz CT molecular complexity index is 585. The molecule has 1 aromatic rings. The number of hydrogen-bond acceptors (Lipinski definition) is 6. The normalized spacial score (nSPS) is 11.0. The number of amides is 1. The third kappa shape index (κ3) is 4.32. The molecular formula is C15H23N3O5. The molecule has 0 saturated carbocycles. The van der Waals surface area contributed by atoms with E-state index in [0.29, 0.717) is 12.8 Å². The maximum atomic E-state index is 12.3. The molecule has 8 heteroatoms. The van der Waals surface area contributed by atoms with Gasteiger partial charge in [-0.15, -0.1) is 0 Å². The molecule has 1 amide bonds. The molecule has 3 N–H and O–H groups in total. The molecule has 0 aromatic heterocycles. The van der Waals surface area contributed by atoms with Gasteiger partial charge in [0.1, 0.15) is 5.56 Å². The van der Waals surface area contributed by atoms with Crippen LogP contribution in [0.5, 0.6) is 11.5 Å². The Morgan fingerprint density at radius 3 is 2.22 bits per heavy atom. The molecule has 0 aliphatic carbocycles. The predicted octanol–water partition coefficient (Wildman–Crippen LogP) is 1.86. The minimum absolute atomic E-state index is 0.0952. The minimum Gasteiger partial charge on any atom is -0.493 e. The minimum atomic E-state index is -0.633. The molecule has 128 valence electrons. The second-order valence-electron chi connectivity index (χ2n) is 5.23. The van der Waals surface area contributed by atoms with Crippen LogP contribution in [0.25, 0.3) is 0 Å². The molecule has 0 unspecified atom stereocenters. The van der Waals surface area contributed by atoms with Crippen LogP contribution in [0.4, 0.5) is 5.69 Å². The molecule has 0 aliphatic heterocycles. The quantitative estimate of drug-likeness (QED) is 0.556. The highest BCUT2D eigenvalue weighted by Crippen LogP contribution is 2.34. The fraction of sp³-hybridized carbons (Fsp3) is 0.533. The third-order valence-corrected chi connectivity index (χ3v) is 3.95. The highest BCUT2D eigenvalue weighted by atomic mass is 16.6. The van der Waals surface area contributed by atoms with E-state index in [1.165, 1.54) is 26.4 Å². The number of carbonyl (C=O) groups excluding carboxylic acids is 1. The topological polar surface area (TPSA) is 117 Å². The van der Waals surface area contributed by atoms with Crippen molar-refractivity contribution < 1.29 is 19.2 Å².